The van der Waals surface area contributed by atoms with Crippen LogP contribution in [0.5, 0.6) is 5.75 Å². The van der Waals surface area contributed by atoms with Crippen molar-refractivity contribution in [3.63, 3.8) is 0 Å². The van der Waals surface area contributed by atoms with Gasteiger partial charge in [0.25, 0.3) is 5.56 Å². The van der Waals surface area contributed by atoms with Gasteiger partial charge in [-0.2, -0.15) is 0 Å². The Bertz CT molecular complexity index is 948. The third kappa shape index (κ3) is 3.65. The number of nitrogens with one attached hydrogen (secondary N) is 2. The first-order valence-electron chi connectivity index (χ1n) is 6.43. The van der Waals surface area contributed by atoms with Gasteiger partial charge < -0.3 is 24.5 Å². The molecule has 0 saturated heterocycles. The van der Waals surface area contributed by atoms with Crippen molar-refractivity contribution < 1.29 is 19.1 Å². The van der Waals surface area contributed by atoms with Crippen molar-refractivity contribution in [2.24, 2.45) is 0 Å². The largest absolute Gasteiger partial charge is 0.480 e. The lowest BCUT2D eigenvalue weighted by molar-refractivity contribution is 0.297. The first-order valence-corrected chi connectivity index (χ1v) is 9.04. The summed E-state index contributed by atoms with van der Waals surface area (Å²) in [6, 6.07) is 6.86. The Morgan fingerprint density at radius 3 is 2.78 bits per heavy atom. The summed E-state index contributed by atoms with van der Waals surface area (Å²) in [6.45, 7) is 0. The second kappa shape index (κ2) is 6.21. The van der Waals surface area contributed by atoms with E-state index in [1.165, 1.54) is 18.1 Å². The minimum absolute atomic E-state index is 0.270. The number of H-pyrrole nitrogens is 2. The van der Waals surface area contributed by atoms with Crippen LogP contribution in [-0.2, 0) is 4.57 Å². The number of aromatic amines is 2. The highest BCUT2D eigenvalue weighted by Crippen LogP contribution is 2.40. The number of fused-ring (bicyclic) bond motifs is 1. The highest BCUT2D eigenvalue weighted by molar-refractivity contribution is 7.99. The van der Waals surface area contributed by atoms with E-state index in [2.05, 4.69) is 15.0 Å². The second-order valence-corrected chi connectivity index (χ2v) is 7.27. The van der Waals surface area contributed by atoms with Crippen LogP contribution in [0.15, 0.2) is 51.4 Å². The summed E-state index contributed by atoms with van der Waals surface area (Å²) in [5.74, 6) is 0.347. The number of nitrogens with zero attached hydrogens (tertiary/aromatic N) is 1. The zero-order chi connectivity index (χ0) is 16.4. The topological polar surface area (TPSA) is 128 Å². The Labute approximate surface area is 134 Å². The van der Waals surface area contributed by atoms with E-state index in [0.717, 1.165) is 0 Å². The predicted octanol–water partition coefficient (Wildman–Crippen LogP) is 1.92. The molecule has 2 heterocycles. The lowest BCUT2D eigenvalue weighted by Gasteiger charge is -2.11. The molecule has 0 saturated carbocycles. The molecule has 0 aliphatic heterocycles. The fraction of sp³-hybridized carbons (Fsp3) is 0.0769. The van der Waals surface area contributed by atoms with Gasteiger partial charge in [-0.25, -0.2) is 4.98 Å². The Kier molecular flexibility index (Phi) is 4.27. The van der Waals surface area contributed by atoms with Gasteiger partial charge >= 0.3 is 7.60 Å². The van der Waals surface area contributed by atoms with Gasteiger partial charge in [0.15, 0.2) is 6.35 Å². The van der Waals surface area contributed by atoms with Crippen molar-refractivity contribution in [3.8, 4) is 5.75 Å². The summed E-state index contributed by atoms with van der Waals surface area (Å²) in [4.78, 5) is 40.4. The van der Waals surface area contributed by atoms with Gasteiger partial charge in [-0.15, -0.1) is 0 Å². The summed E-state index contributed by atoms with van der Waals surface area (Å²) in [7, 11) is -4.26. The van der Waals surface area contributed by atoms with Crippen molar-refractivity contribution in [2.75, 3.05) is 6.35 Å². The lowest BCUT2D eigenvalue weighted by Crippen LogP contribution is -2.05. The quantitative estimate of drug-likeness (QED) is 0.516. The molecular formula is C13H12N3O5PS. The number of ether oxygens (including phenoxy) is 1. The standard InChI is InChI=1S/C13H12N3O5PS/c17-13-12-11(15-6-16-13)10(5-14-12)23-9-4-2-1-3-8(9)21-7-22(18,19)20/h1-6,14H,7H2,(H,15,16,17)(H2,18,19,20). The molecule has 3 rings (SSSR count). The Balaban J connectivity index is 1.92. The average molecular weight is 353 g/mol. The fourth-order valence-corrected chi connectivity index (χ4v) is 3.22. The highest BCUT2D eigenvalue weighted by atomic mass is 32.2. The van der Waals surface area contributed by atoms with E-state index in [9.17, 15) is 9.36 Å². The van der Waals surface area contributed by atoms with Crippen molar-refractivity contribution in [1.82, 2.24) is 15.0 Å². The average Bonchev–Trinajstić information content (AvgIpc) is 2.90. The summed E-state index contributed by atoms with van der Waals surface area (Å²) in [6.07, 6.45) is 2.27. The van der Waals surface area contributed by atoms with Crippen molar-refractivity contribution >= 4 is 30.4 Å². The van der Waals surface area contributed by atoms with Crippen LogP contribution in [-0.4, -0.2) is 31.1 Å². The molecule has 8 nitrogen and oxygen atoms in total. The molecule has 0 amide bonds. The number of aromatic nitrogens is 3. The molecule has 0 aliphatic rings. The zero-order valence-corrected chi connectivity index (χ0v) is 13.3. The maximum atomic E-state index is 11.7. The lowest BCUT2D eigenvalue weighted by atomic mass is 10.3. The SMILES string of the molecule is O=c1[nH]cnc2c(Sc3ccccc3OCP(=O)(O)O)c[nH]c12. The summed E-state index contributed by atoms with van der Waals surface area (Å²) in [5, 5.41) is 0. The number of para-hydroxylation sites is 1. The number of hydrogen-bond donors (Lipinski definition) is 4. The predicted molar refractivity (Wildman–Crippen MR) is 84.8 cm³/mol. The molecule has 0 spiro atoms. The summed E-state index contributed by atoms with van der Waals surface area (Å²) < 4.78 is 16.2. The molecule has 4 N–H and O–H groups in total. The van der Waals surface area contributed by atoms with Gasteiger partial charge in [-0.1, -0.05) is 23.9 Å². The van der Waals surface area contributed by atoms with Crippen LogP contribution >= 0.6 is 19.4 Å². The maximum Gasteiger partial charge on any atom is 0.362 e. The van der Waals surface area contributed by atoms with E-state index < -0.39 is 13.9 Å². The zero-order valence-electron chi connectivity index (χ0n) is 11.6. The molecular weight excluding hydrogens is 341 g/mol. The van der Waals surface area contributed by atoms with Gasteiger partial charge in [0, 0.05) is 6.20 Å². The fourth-order valence-electron chi connectivity index (χ4n) is 1.93. The van der Waals surface area contributed by atoms with Crippen LogP contribution in [0.3, 0.4) is 0 Å². The molecule has 0 aliphatic carbocycles. The minimum atomic E-state index is -4.26. The molecule has 0 fully saturated rings. The number of hydrogen-bond acceptors (Lipinski definition) is 5. The van der Waals surface area contributed by atoms with Gasteiger partial charge in [-0.05, 0) is 12.1 Å². The third-order valence-corrected chi connectivity index (χ3v) is 4.45. The van der Waals surface area contributed by atoms with E-state index in [0.29, 0.717) is 26.6 Å². The Morgan fingerprint density at radius 1 is 1.22 bits per heavy atom. The molecule has 3 aromatic rings. The van der Waals surface area contributed by atoms with Gasteiger partial charge in [-0.3, -0.25) is 9.36 Å². The Hall–Kier alpha value is -2.06. The first kappa shape index (κ1) is 15.8. The van der Waals surface area contributed by atoms with E-state index in [-0.39, 0.29) is 5.56 Å². The van der Waals surface area contributed by atoms with E-state index in [1.807, 2.05) is 0 Å². The molecule has 2 aromatic heterocycles. The molecule has 0 atom stereocenters. The third-order valence-electron chi connectivity index (χ3n) is 2.89. The molecule has 0 bridgehead atoms. The number of benzene rings is 1. The van der Waals surface area contributed by atoms with Gasteiger partial charge in [0.1, 0.15) is 16.8 Å². The van der Waals surface area contributed by atoms with Gasteiger partial charge in [0.2, 0.25) is 0 Å². The molecule has 10 heteroatoms. The summed E-state index contributed by atoms with van der Waals surface area (Å²) >= 11 is 1.29. The second-order valence-electron chi connectivity index (χ2n) is 4.60. The van der Waals surface area contributed by atoms with Crippen LogP contribution in [0.2, 0.25) is 0 Å². The van der Waals surface area contributed by atoms with E-state index in [1.54, 1.807) is 30.5 Å². The van der Waals surface area contributed by atoms with Crippen LogP contribution in [0.25, 0.3) is 11.0 Å². The van der Waals surface area contributed by atoms with E-state index in [4.69, 9.17) is 14.5 Å². The van der Waals surface area contributed by atoms with Crippen LogP contribution in [0, 0.1) is 0 Å². The van der Waals surface area contributed by atoms with Crippen LogP contribution in [0.1, 0.15) is 0 Å². The van der Waals surface area contributed by atoms with Gasteiger partial charge in [0.05, 0.1) is 16.1 Å². The van der Waals surface area contributed by atoms with E-state index >= 15 is 0 Å². The Morgan fingerprint density at radius 2 is 2.00 bits per heavy atom. The molecule has 1 aromatic carbocycles. The molecule has 23 heavy (non-hydrogen) atoms. The number of rotatable bonds is 5. The molecule has 0 radical (unpaired) electrons. The monoisotopic (exact) mass is 353 g/mol. The smallest absolute Gasteiger partial charge is 0.362 e. The molecule has 120 valence electrons. The minimum Gasteiger partial charge on any atom is -0.480 e. The van der Waals surface area contributed by atoms with Crippen molar-refractivity contribution in [3.05, 3.63) is 47.1 Å². The first-order chi connectivity index (χ1) is 10.9. The van der Waals surface area contributed by atoms with Crippen molar-refractivity contribution in [2.45, 2.75) is 9.79 Å². The summed E-state index contributed by atoms with van der Waals surface area (Å²) in [5.41, 5.74) is 0.611. The van der Waals surface area contributed by atoms with Crippen molar-refractivity contribution in [1.29, 1.82) is 0 Å². The maximum absolute atomic E-state index is 11.7. The highest BCUT2D eigenvalue weighted by Gasteiger charge is 2.16. The molecule has 0 unspecified atom stereocenters. The normalized spacial score (nSPS) is 11.7. The van der Waals surface area contributed by atoms with Crippen LogP contribution in [0.4, 0.5) is 0 Å². The van der Waals surface area contributed by atoms with Crippen LogP contribution < -0.4 is 10.3 Å².